The Hall–Kier alpha value is -3.12. The highest BCUT2D eigenvalue weighted by molar-refractivity contribution is 5.83. The van der Waals surface area contributed by atoms with Crippen molar-refractivity contribution in [2.45, 2.75) is 31.5 Å². The monoisotopic (exact) mass is 421 g/mol. The summed E-state index contributed by atoms with van der Waals surface area (Å²) < 4.78 is 81.5. The molecule has 0 spiro atoms. The van der Waals surface area contributed by atoms with Crippen molar-refractivity contribution < 1.29 is 35.9 Å². The lowest BCUT2D eigenvalue weighted by Gasteiger charge is -2.17. The van der Waals surface area contributed by atoms with Gasteiger partial charge in [0.05, 0.1) is 18.1 Å². The van der Waals surface area contributed by atoms with Crippen LogP contribution < -0.4 is 15.6 Å². The number of carbonyl (C=O) groups is 1. The van der Waals surface area contributed by atoms with Crippen LogP contribution in [0.3, 0.4) is 0 Å². The summed E-state index contributed by atoms with van der Waals surface area (Å²) in [5.74, 6) is -7.21. The van der Waals surface area contributed by atoms with Crippen LogP contribution in [0.5, 0.6) is 5.88 Å². The molecule has 3 rings (SSSR count). The second-order valence-corrected chi connectivity index (χ2v) is 6.23. The van der Waals surface area contributed by atoms with Gasteiger partial charge in [0.1, 0.15) is 5.92 Å². The van der Waals surface area contributed by atoms with E-state index in [4.69, 9.17) is 0 Å². The van der Waals surface area contributed by atoms with Crippen molar-refractivity contribution in [1.29, 1.82) is 0 Å². The number of ether oxygens (including phenoxy) is 1. The number of alkyl halides is 5. The van der Waals surface area contributed by atoms with Crippen LogP contribution in [0.1, 0.15) is 13.3 Å². The second-order valence-electron chi connectivity index (χ2n) is 6.23. The Kier molecular flexibility index (Phi) is 5.24. The molecule has 0 aromatic carbocycles. The summed E-state index contributed by atoms with van der Waals surface area (Å²) in [7, 11) is 0. The van der Waals surface area contributed by atoms with Gasteiger partial charge in [-0.3, -0.25) is 20.6 Å². The largest absolute Gasteiger partial charge is 0.463 e. The van der Waals surface area contributed by atoms with E-state index in [-0.39, 0.29) is 17.1 Å². The zero-order valence-electron chi connectivity index (χ0n) is 14.6. The van der Waals surface area contributed by atoms with Crippen LogP contribution in [0.2, 0.25) is 0 Å². The average Bonchev–Trinajstić information content (AvgIpc) is 3.29. The van der Waals surface area contributed by atoms with Crippen molar-refractivity contribution >= 4 is 11.7 Å². The molecule has 1 amide bonds. The molecule has 2 aromatic heterocycles. The Morgan fingerprint density at radius 3 is 2.45 bits per heavy atom. The molecule has 0 saturated heterocycles. The summed E-state index contributed by atoms with van der Waals surface area (Å²) in [6, 6.07) is 0.874. The summed E-state index contributed by atoms with van der Waals surface area (Å²) in [4.78, 5) is 22.8. The van der Waals surface area contributed by atoms with Crippen LogP contribution in [0.4, 0.5) is 32.2 Å². The van der Waals surface area contributed by atoms with Crippen LogP contribution in [0.25, 0.3) is 11.3 Å². The molecule has 13 heteroatoms. The summed E-state index contributed by atoms with van der Waals surface area (Å²) in [5.41, 5.74) is 4.62. The van der Waals surface area contributed by atoms with E-state index in [1.54, 1.807) is 0 Å². The molecule has 1 fully saturated rings. The van der Waals surface area contributed by atoms with Crippen LogP contribution >= 0.6 is 0 Å². The van der Waals surface area contributed by atoms with E-state index in [0.29, 0.717) is 0 Å². The normalized spacial score (nSPS) is 18.7. The molecule has 2 N–H and O–H groups in total. The predicted molar refractivity (Wildman–Crippen MR) is 86.2 cm³/mol. The highest BCUT2D eigenvalue weighted by Gasteiger charge is 2.61. The third-order valence-corrected chi connectivity index (χ3v) is 3.96. The summed E-state index contributed by atoms with van der Waals surface area (Å²) in [5, 5.41) is 0. The topological polar surface area (TPSA) is 89.0 Å². The standard InChI is InChI=1S/C16H13F6N5O2/c1-7(16(20,21)22)29-14-10(17)2-8(4-25-14)11-5-24-12(6-23-11)26-27-13(28)9-3-15(9,18)19/h2,4-7,9H,3H2,1H3,(H,24,26)(H,27,28)/t7-,9?/m1/s1. The minimum Gasteiger partial charge on any atom is -0.463 e. The maximum atomic E-state index is 14.0. The van der Waals surface area contributed by atoms with Gasteiger partial charge < -0.3 is 4.74 Å². The zero-order valence-corrected chi connectivity index (χ0v) is 14.6. The van der Waals surface area contributed by atoms with E-state index in [0.717, 1.165) is 31.6 Å². The van der Waals surface area contributed by atoms with Crippen molar-refractivity contribution in [3.63, 3.8) is 0 Å². The number of carbonyl (C=O) groups excluding carboxylic acids is 1. The molecule has 1 saturated carbocycles. The van der Waals surface area contributed by atoms with Crippen LogP contribution in [-0.4, -0.2) is 39.1 Å². The van der Waals surface area contributed by atoms with Crippen molar-refractivity contribution in [3.8, 4) is 17.1 Å². The van der Waals surface area contributed by atoms with Gasteiger partial charge in [-0.2, -0.15) is 13.2 Å². The van der Waals surface area contributed by atoms with Crippen LogP contribution in [0.15, 0.2) is 24.7 Å². The third-order valence-electron chi connectivity index (χ3n) is 3.96. The molecule has 0 radical (unpaired) electrons. The molecule has 1 aliphatic rings. The number of hydrogen-bond acceptors (Lipinski definition) is 6. The first-order chi connectivity index (χ1) is 13.5. The fraction of sp³-hybridized carbons (Fsp3) is 0.375. The van der Waals surface area contributed by atoms with Crippen LogP contribution in [-0.2, 0) is 4.79 Å². The van der Waals surface area contributed by atoms with Gasteiger partial charge in [0.2, 0.25) is 5.91 Å². The van der Waals surface area contributed by atoms with Gasteiger partial charge in [0.25, 0.3) is 11.8 Å². The first-order valence-corrected chi connectivity index (χ1v) is 8.12. The lowest BCUT2D eigenvalue weighted by molar-refractivity contribution is -0.190. The minimum atomic E-state index is -4.67. The highest BCUT2D eigenvalue weighted by atomic mass is 19.4. The van der Waals surface area contributed by atoms with E-state index >= 15 is 0 Å². The third kappa shape index (κ3) is 4.84. The van der Waals surface area contributed by atoms with Crippen molar-refractivity contribution in [3.05, 3.63) is 30.5 Å². The molecular weight excluding hydrogens is 408 g/mol. The summed E-state index contributed by atoms with van der Waals surface area (Å²) in [6.07, 6.45) is -4.09. The summed E-state index contributed by atoms with van der Waals surface area (Å²) in [6.45, 7) is 0.718. The molecular formula is C16H13F6N5O2. The SMILES string of the molecule is C[C@@H](Oc1ncc(-c2cnc(NNC(=O)C3CC3(F)F)cn2)cc1F)C(F)(F)F. The van der Waals surface area contributed by atoms with Gasteiger partial charge in [0, 0.05) is 18.2 Å². The average molecular weight is 421 g/mol. The molecule has 2 aromatic rings. The lowest BCUT2D eigenvalue weighted by atomic mass is 10.2. The van der Waals surface area contributed by atoms with Gasteiger partial charge in [-0.05, 0) is 13.0 Å². The molecule has 7 nitrogen and oxygen atoms in total. The van der Waals surface area contributed by atoms with E-state index in [2.05, 4.69) is 30.5 Å². The zero-order chi connectivity index (χ0) is 21.4. The molecule has 0 aliphatic heterocycles. The number of hydrogen-bond donors (Lipinski definition) is 2. The number of anilines is 1. The van der Waals surface area contributed by atoms with Gasteiger partial charge in [-0.1, -0.05) is 0 Å². The molecule has 0 bridgehead atoms. The lowest BCUT2D eigenvalue weighted by Crippen LogP contribution is -2.32. The van der Waals surface area contributed by atoms with E-state index < -0.39 is 48.1 Å². The fourth-order valence-electron chi connectivity index (χ4n) is 2.14. The smallest absolute Gasteiger partial charge is 0.425 e. The minimum absolute atomic E-state index is 0.0263. The highest BCUT2D eigenvalue weighted by Crippen LogP contribution is 2.48. The Bertz CT molecular complexity index is 906. The predicted octanol–water partition coefficient (Wildman–Crippen LogP) is 3.11. The number of amides is 1. The van der Waals surface area contributed by atoms with Crippen molar-refractivity contribution in [2.75, 3.05) is 5.43 Å². The first-order valence-electron chi connectivity index (χ1n) is 8.12. The molecule has 2 atom stereocenters. The van der Waals surface area contributed by atoms with Crippen LogP contribution in [0, 0.1) is 11.7 Å². The molecule has 29 heavy (non-hydrogen) atoms. The number of pyridine rings is 1. The maximum Gasteiger partial charge on any atom is 0.425 e. The molecule has 156 valence electrons. The second kappa shape index (κ2) is 7.37. The Morgan fingerprint density at radius 1 is 1.24 bits per heavy atom. The fourth-order valence-corrected chi connectivity index (χ4v) is 2.14. The van der Waals surface area contributed by atoms with E-state index in [9.17, 15) is 31.1 Å². The van der Waals surface area contributed by atoms with Crippen molar-refractivity contribution in [2.24, 2.45) is 5.92 Å². The van der Waals surface area contributed by atoms with Gasteiger partial charge in [0.15, 0.2) is 17.7 Å². The van der Waals surface area contributed by atoms with Gasteiger partial charge in [-0.15, -0.1) is 0 Å². The van der Waals surface area contributed by atoms with Crippen molar-refractivity contribution in [1.82, 2.24) is 20.4 Å². The van der Waals surface area contributed by atoms with E-state index in [1.165, 1.54) is 0 Å². The maximum absolute atomic E-state index is 14.0. The Morgan fingerprint density at radius 2 is 1.93 bits per heavy atom. The number of nitrogens with one attached hydrogen (secondary N) is 2. The number of nitrogens with zero attached hydrogens (tertiary/aromatic N) is 3. The molecule has 1 unspecified atom stereocenters. The van der Waals surface area contributed by atoms with E-state index in [1.807, 2.05) is 0 Å². The number of rotatable bonds is 6. The Balaban J connectivity index is 1.62. The number of aromatic nitrogens is 3. The Labute approximate surface area is 159 Å². The number of halogens is 6. The molecule has 1 aliphatic carbocycles. The quantitative estimate of drug-likeness (QED) is 0.551. The summed E-state index contributed by atoms with van der Waals surface area (Å²) >= 11 is 0. The van der Waals surface area contributed by atoms with Gasteiger partial charge >= 0.3 is 6.18 Å². The molecule has 2 heterocycles. The number of hydrazine groups is 1. The first kappa shape index (κ1) is 20.6. The van der Waals surface area contributed by atoms with Gasteiger partial charge in [-0.25, -0.2) is 23.1 Å².